The van der Waals surface area contributed by atoms with Crippen LogP contribution in [0.2, 0.25) is 5.02 Å². The molecule has 128 valence electrons. The highest BCUT2D eigenvalue weighted by Gasteiger charge is 2.24. The molecule has 3 aromatic rings. The number of benzene rings is 2. The summed E-state index contributed by atoms with van der Waals surface area (Å²) < 4.78 is 34.3. The summed E-state index contributed by atoms with van der Waals surface area (Å²) in [4.78, 5) is 24.4. The van der Waals surface area contributed by atoms with E-state index in [0.29, 0.717) is 0 Å². The van der Waals surface area contributed by atoms with Crippen LogP contribution in [-0.4, -0.2) is 17.0 Å². The standard InChI is InChI=1S/C16H9ClF2N2O4/c1-25-11-4-2-3-9(18)13(11)12-8(17)5-7-15(14(12)19)20-6-10(16(7)22)21(23)24/h2-6H,1H3,(H,20,22). The average molecular weight is 367 g/mol. The zero-order chi connectivity index (χ0) is 18.3. The molecule has 25 heavy (non-hydrogen) atoms. The van der Waals surface area contributed by atoms with Crippen molar-refractivity contribution in [3.05, 3.63) is 67.5 Å². The van der Waals surface area contributed by atoms with Gasteiger partial charge < -0.3 is 9.72 Å². The fourth-order valence-electron chi connectivity index (χ4n) is 2.57. The first-order valence-electron chi connectivity index (χ1n) is 6.87. The van der Waals surface area contributed by atoms with E-state index in [4.69, 9.17) is 16.3 Å². The van der Waals surface area contributed by atoms with Crippen LogP contribution >= 0.6 is 11.6 Å². The largest absolute Gasteiger partial charge is 0.496 e. The molecule has 0 spiro atoms. The third-order valence-corrected chi connectivity index (χ3v) is 3.99. The fourth-order valence-corrected chi connectivity index (χ4v) is 2.85. The number of halogens is 3. The van der Waals surface area contributed by atoms with Crippen LogP contribution in [0.1, 0.15) is 0 Å². The van der Waals surface area contributed by atoms with Gasteiger partial charge in [-0.3, -0.25) is 14.9 Å². The van der Waals surface area contributed by atoms with Crippen LogP contribution in [0.15, 0.2) is 35.3 Å². The predicted octanol–water partition coefficient (Wildman–Crippen LogP) is 4.04. The van der Waals surface area contributed by atoms with Crippen LogP contribution in [-0.2, 0) is 0 Å². The molecule has 1 N–H and O–H groups in total. The molecule has 0 atom stereocenters. The summed E-state index contributed by atoms with van der Waals surface area (Å²) in [5.41, 5.74) is -2.59. The Balaban J connectivity index is 2.43. The van der Waals surface area contributed by atoms with Crippen molar-refractivity contribution in [1.29, 1.82) is 0 Å². The topological polar surface area (TPSA) is 85.2 Å². The molecule has 3 rings (SSSR count). The Hall–Kier alpha value is -3.00. The zero-order valence-corrected chi connectivity index (χ0v) is 13.4. The Labute approximate surface area is 143 Å². The molecule has 0 amide bonds. The van der Waals surface area contributed by atoms with Gasteiger partial charge in [0.25, 0.3) is 5.43 Å². The SMILES string of the molecule is COc1cccc(F)c1-c1c(Cl)cc2c(=O)c([N+](=O)[O-])c[nH]c2c1F. The van der Waals surface area contributed by atoms with Gasteiger partial charge in [-0.25, -0.2) is 8.78 Å². The Morgan fingerprint density at radius 1 is 1.28 bits per heavy atom. The van der Waals surface area contributed by atoms with Gasteiger partial charge in [0.1, 0.15) is 11.6 Å². The van der Waals surface area contributed by atoms with Gasteiger partial charge >= 0.3 is 5.69 Å². The highest BCUT2D eigenvalue weighted by molar-refractivity contribution is 6.34. The van der Waals surface area contributed by atoms with Crippen LogP contribution in [0.4, 0.5) is 14.5 Å². The highest BCUT2D eigenvalue weighted by Crippen LogP contribution is 2.40. The molecule has 0 aliphatic heterocycles. The number of nitro groups is 1. The van der Waals surface area contributed by atoms with Gasteiger partial charge in [0.15, 0.2) is 5.82 Å². The van der Waals surface area contributed by atoms with E-state index in [1.54, 1.807) is 0 Å². The van der Waals surface area contributed by atoms with E-state index in [9.17, 15) is 23.7 Å². The maximum atomic E-state index is 15.0. The first-order chi connectivity index (χ1) is 11.9. The molecular formula is C16H9ClF2N2O4. The lowest BCUT2D eigenvalue weighted by atomic mass is 10.0. The summed E-state index contributed by atoms with van der Waals surface area (Å²) in [6.45, 7) is 0. The average Bonchev–Trinajstić information content (AvgIpc) is 2.56. The second-order valence-corrected chi connectivity index (χ2v) is 5.45. The fraction of sp³-hybridized carbons (Fsp3) is 0.0625. The molecule has 9 heteroatoms. The lowest BCUT2D eigenvalue weighted by Crippen LogP contribution is -2.10. The summed E-state index contributed by atoms with van der Waals surface area (Å²) in [7, 11) is 1.29. The minimum absolute atomic E-state index is 0.0457. The van der Waals surface area contributed by atoms with Crippen molar-refractivity contribution >= 4 is 28.2 Å². The molecule has 1 aromatic heterocycles. The molecule has 0 bridgehead atoms. The van der Waals surface area contributed by atoms with E-state index in [2.05, 4.69) is 4.98 Å². The molecule has 0 radical (unpaired) electrons. The van der Waals surface area contributed by atoms with Crippen LogP contribution < -0.4 is 10.2 Å². The summed E-state index contributed by atoms with van der Waals surface area (Å²) in [5, 5.41) is 10.3. The Morgan fingerprint density at radius 2 is 2.00 bits per heavy atom. The van der Waals surface area contributed by atoms with E-state index in [-0.39, 0.29) is 32.8 Å². The van der Waals surface area contributed by atoms with Crippen molar-refractivity contribution in [1.82, 2.24) is 4.98 Å². The Bertz CT molecular complexity index is 1080. The van der Waals surface area contributed by atoms with Crippen molar-refractivity contribution in [3.8, 4) is 16.9 Å². The van der Waals surface area contributed by atoms with Gasteiger partial charge in [-0.1, -0.05) is 17.7 Å². The van der Waals surface area contributed by atoms with Crippen LogP contribution in [0, 0.1) is 21.7 Å². The summed E-state index contributed by atoms with van der Waals surface area (Å²) >= 11 is 6.06. The maximum Gasteiger partial charge on any atom is 0.332 e. The van der Waals surface area contributed by atoms with Crippen molar-refractivity contribution in [3.63, 3.8) is 0 Å². The van der Waals surface area contributed by atoms with Crippen LogP contribution in [0.5, 0.6) is 5.75 Å². The number of hydrogen-bond acceptors (Lipinski definition) is 4. The van der Waals surface area contributed by atoms with E-state index in [0.717, 1.165) is 18.3 Å². The third-order valence-electron chi connectivity index (χ3n) is 3.69. The lowest BCUT2D eigenvalue weighted by Gasteiger charge is -2.13. The molecule has 2 aromatic carbocycles. The van der Waals surface area contributed by atoms with E-state index in [1.807, 2.05) is 0 Å². The number of hydrogen-bond donors (Lipinski definition) is 1. The van der Waals surface area contributed by atoms with E-state index in [1.165, 1.54) is 19.2 Å². The minimum Gasteiger partial charge on any atom is -0.496 e. The molecule has 0 aliphatic carbocycles. The van der Waals surface area contributed by atoms with Gasteiger partial charge in [-0.05, 0) is 18.2 Å². The first kappa shape index (κ1) is 16.8. The molecular weight excluding hydrogens is 358 g/mol. The maximum absolute atomic E-state index is 15.0. The lowest BCUT2D eigenvalue weighted by molar-refractivity contribution is -0.386. The molecule has 0 saturated heterocycles. The van der Waals surface area contributed by atoms with Gasteiger partial charge in [-0.15, -0.1) is 0 Å². The first-order valence-corrected chi connectivity index (χ1v) is 7.25. The normalized spacial score (nSPS) is 10.9. The second-order valence-electron chi connectivity index (χ2n) is 5.05. The number of pyridine rings is 1. The summed E-state index contributed by atoms with van der Waals surface area (Å²) in [6, 6.07) is 4.98. The molecule has 0 fully saturated rings. The van der Waals surface area contributed by atoms with Gasteiger partial charge in [0.2, 0.25) is 0 Å². The zero-order valence-electron chi connectivity index (χ0n) is 12.6. The quantitative estimate of drug-likeness (QED) is 0.560. The van der Waals surface area contributed by atoms with Gasteiger partial charge in [0.05, 0.1) is 39.7 Å². The van der Waals surface area contributed by atoms with Crippen LogP contribution in [0.25, 0.3) is 22.0 Å². The summed E-state index contributed by atoms with van der Waals surface area (Å²) in [5.74, 6) is -1.74. The summed E-state index contributed by atoms with van der Waals surface area (Å²) in [6.07, 6.45) is 0.782. The number of rotatable bonds is 3. The van der Waals surface area contributed by atoms with Crippen molar-refractivity contribution in [2.75, 3.05) is 7.11 Å². The van der Waals surface area contributed by atoms with Crippen LogP contribution in [0.3, 0.4) is 0 Å². The third kappa shape index (κ3) is 2.60. The van der Waals surface area contributed by atoms with Crippen molar-refractivity contribution < 1.29 is 18.4 Å². The number of H-pyrrole nitrogens is 1. The molecule has 6 nitrogen and oxygen atoms in total. The smallest absolute Gasteiger partial charge is 0.332 e. The molecule has 0 saturated carbocycles. The van der Waals surface area contributed by atoms with Gasteiger partial charge in [0, 0.05) is 5.56 Å². The number of methoxy groups -OCH3 is 1. The van der Waals surface area contributed by atoms with Crippen molar-refractivity contribution in [2.45, 2.75) is 0 Å². The second kappa shape index (κ2) is 6.14. The van der Waals surface area contributed by atoms with E-state index >= 15 is 0 Å². The minimum atomic E-state index is -1.02. The highest BCUT2D eigenvalue weighted by atomic mass is 35.5. The predicted molar refractivity (Wildman–Crippen MR) is 88.1 cm³/mol. The van der Waals surface area contributed by atoms with E-state index < -0.39 is 27.7 Å². The number of aromatic nitrogens is 1. The van der Waals surface area contributed by atoms with Crippen molar-refractivity contribution in [2.24, 2.45) is 0 Å². The molecule has 0 aliphatic rings. The number of fused-ring (bicyclic) bond motifs is 1. The Kier molecular flexibility index (Phi) is 4.13. The monoisotopic (exact) mass is 366 g/mol. The van der Waals surface area contributed by atoms with Gasteiger partial charge in [-0.2, -0.15) is 0 Å². The number of ether oxygens (including phenoxy) is 1. The number of nitrogens with one attached hydrogen (secondary N) is 1. The number of nitrogens with zero attached hydrogens (tertiary/aromatic N) is 1. The molecule has 0 unspecified atom stereocenters. The number of aromatic amines is 1. The molecule has 1 heterocycles. The Morgan fingerprint density at radius 3 is 2.64 bits per heavy atom.